The lowest BCUT2D eigenvalue weighted by Gasteiger charge is -2.11. The van der Waals surface area contributed by atoms with Crippen LogP contribution in [0.15, 0.2) is 53.9 Å². The van der Waals surface area contributed by atoms with E-state index in [4.69, 9.17) is 4.74 Å². The van der Waals surface area contributed by atoms with Crippen molar-refractivity contribution in [2.45, 2.75) is 19.9 Å². The summed E-state index contributed by atoms with van der Waals surface area (Å²) in [4.78, 5) is 30.8. The number of ether oxygens (including phenoxy) is 1. The maximum Gasteiger partial charge on any atom is 0.238 e. The first-order valence-electron chi connectivity index (χ1n) is 10.4. The summed E-state index contributed by atoms with van der Waals surface area (Å²) >= 11 is 1.50. The van der Waals surface area contributed by atoms with Crippen LogP contribution >= 0.6 is 11.3 Å². The van der Waals surface area contributed by atoms with Crippen molar-refractivity contribution >= 4 is 28.8 Å². The van der Waals surface area contributed by atoms with Gasteiger partial charge in [-0.2, -0.15) is 0 Å². The molecule has 0 aliphatic carbocycles. The molecule has 0 spiro atoms. The summed E-state index contributed by atoms with van der Waals surface area (Å²) in [5.41, 5.74) is 3.27. The van der Waals surface area contributed by atoms with Gasteiger partial charge in [-0.1, -0.05) is 24.3 Å². The van der Waals surface area contributed by atoms with Gasteiger partial charge in [-0.25, -0.2) is 4.98 Å². The van der Waals surface area contributed by atoms with Crippen molar-refractivity contribution in [1.29, 1.82) is 0 Å². The molecule has 0 aliphatic heterocycles. The lowest BCUT2D eigenvalue weighted by atomic mass is 10.2. The van der Waals surface area contributed by atoms with Crippen LogP contribution in [0.1, 0.15) is 18.2 Å². The molecule has 0 aliphatic rings. The van der Waals surface area contributed by atoms with Crippen molar-refractivity contribution in [2.24, 2.45) is 0 Å². The maximum absolute atomic E-state index is 12.4. The molecule has 0 saturated heterocycles. The molecule has 0 bridgehead atoms. The number of nitrogens with one attached hydrogen (secondary N) is 2. The Labute approximate surface area is 192 Å². The first-order chi connectivity index (χ1) is 15.4. The molecular weight excluding hydrogens is 424 g/mol. The van der Waals surface area contributed by atoms with E-state index in [1.165, 1.54) is 11.3 Å². The summed E-state index contributed by atoms with van der Waals surface area (Å²) in [6.45, 7) is 3.21. The normalized spacial score (nSPS) is 10.8. The van der Waals surface area contributed by atoms with Crippen LogP contribution in [-0.4, -0.2) is 48.9 Å². The van der Waals surface area contributed by atoms with Crippen LogP contribution in [0.2, 0.25) is 0 Å². The minimum absolute atomic E-state index is 0.0820. The molecule has 0 saturated carbocycles. The number of para-hydroxylation sites is 1. The molecule has 8 heteroatoms. The number of likely N-dealkylation sites (N-methyl/N-ethyl adjacent to an activating group) is 1. The third-order valence-corrected chi connectivity index (χ3v) is 5.40. The standard InChI is InChI=1S/C24H28N4O3S/c1-4-31-21-11-6-5-10-20(21)24-27-19(16-32-24)13-22(29)25-14-17-8-7-9-18(12-17)26-23(30)15-28(2)3/h5-12,16H,4,13-15H2,1-3H3,(H,25,29)(H,26,30). The van der Waals surface area contributed by atoms with Crippen LogP contribution in [-0.2, 0) is 22.6 Å². The number of nitrogens with zero attached hydrogens (tertiary/aromatic N) is 2. The molecule has 0 radical (unpaired) electrons. The number of carbonyl (C=O) groups excluding carboxylic acids is 2. The molecule has 1 heterocycles. The van der Waals surface area contributed by atoms with Crippen LogP contribution < -0.4 is 15.4 Å². The minimum atomic E-state index is -0.109. The number of benzene rings is 2. The first kappa shape index (κ1) is 23.4. The van der Waals surface area contributed by atoms with Crippen molar-refractivity contribution in [3.05, 3.63) is 65.2 Å². The van der Waals surface area contributed by atoms with Crippen molar-refractivity contribution in [2.75, 3.05) is 32.6 Å². The molecular formula is C24H28N4O3S. The fourth-order valence-corrected chi connectivity index (χ4v) is 3.96. The number of thiazole rings is 1. The lowest BCUT2D eigenvalue weighted by Crippen LogP contribution is -2.27. The molecule has 0 unspecified atom stereocenters. The number of rotatable bonds is 10. The summed E-state index contributed by atoms with van der Waals surface area (Å²) in [6, 6.07) is 15.2. The van der Waals surface area contributed by atoms with Gasteiger partial charge in [0.15, 0.2) is 0 Å². The van der Waals surface area contributed by atoms with Crippen LogP contribution in [0, 0.1) is 0 Å². The number of hydrogen-bond acceptors (Lipinski definition) is 6. The van der Waals surface area contributed by atoms with Crippen molar-refractivity contribution in [3.63, 3.8) is 0 Å². The van der Waals surface area contributed by atoms with E-state index in [0.717, 1.165) is 27.6 Å². The van der Waals surface area contributed by atoms with E-state index in [-0.39, 0.29) is 18.2 Å². The van der Waals surface area contributed by atoms with Crippen LogP contribution in [0.4, 0.5) is 5.69 Å². The zero-order chi connectivity index (χ0) is 22.9. The van der Waals surface area contributed by atoms with Gasteiger partial charge < -0.3 is 20.3 Å². The summed E-state index contributed by atoms with van der Waals surface area (Å²) in [5.74, 6) is 0.598. The zero-order valence-corrected chi connectivity index (χ0v) is 19.4. The predicted molar refractivity (Wildman–Crippen MR) is 128 cm³/mol. The molecule has 168 valence electrons. The molecule has 2 N–H and O–H groups in total. The lowest BCUT2D eigenvalue weighted by molar-refractivity contribution is -0.120. The van der Waals surface area contributed by atoms with E-state index in [1.54, 1.807) is 4.90 Å². The Kier molecular flexibility index (Phi) is 8.35. The summed E-state index contributed by atoms with van der Waals surface area (Å²) in [7, 11) is 3.68. The number of anilines is 1. The van der Waals surface area contributed by atoms with E-state index < -0.39 is 0 Å². The number of amides is 2. The summed E-state index contributed by atoms with van der Waals surface area (Å²) in [6.07, 6.45) is 0.201. The molecule has 1 aromatic heterocycles. The van der Waals surface area contributed by atoms with Crippen molar-refractivity contribution in [3.8, 4) is 16.3 Å². The monoisotopic (exact) mass is 452 g/mol. The van der Waals surface area contributed by atoms with Crippen molar-refractivity contribution < 1.29 is 14.3 Å². The van der Waals surface area contributed by atoms with E-state index in [1.807, 2.05) is 74.9 Å². The predicted octanol–water partition coefficient (Wildman–Crippen LogP) is 3.57. The third-order valence-electron chi connectivity index (χ3n) is 4.47. The summed E-state index contributed by atoms with van der Waals surface area (Å²) < 4.78 is 5.68. The Morgan fingerprint density at radius 1 is 1.09 bits per heavy atom. The molecule has 0 fully saturated rings. The average molecular weight is 453 g/mol. The second kappa shape index (κ2) is 11.4. The molecule has 3 aromatic rings. The van der Waals surface area contributed by atoms with Gasteiger partial charge in [0.25, 0.3) is 0 Å². The van der Waals surface area contributed by atoms with Gasteiger partial charge >= 0.3 is 0 Å². The second-order valence-corrected chi connectivity index (χ2v) is 8.37. The highest BCUT2D eigenvalue weighted by molar-refractivity contribution is 7.13. The van der Waals surface area contributed by atoms with Crippen molar-refractivity contribution in [1.82, 2.24) is 15.2 Å². The fraction of sp³-hybridized carbons (Fsp3) is 0.292. The molecule has 0 atom stereocenters. The molecule has 3 rings (SSSR count). The SMILES string of the molecule is CCOc1ccccc1-c1nc(CC(=O)NCc2cccc(NC(=O)CN(C)C)c2)cs1. The van der Waals surface area contributed by atoms with E-state index >= 15 is 0 Å². The smallest absolute Gasteiger partial charge is 0.238 e. The van der Waals surface area contributed by atoms with Gasteiger partial charge in [0.05, 0.1) is 30.8 Å². The van der Waals surface area contributed by atoms with Gasteiger partial charge in [-0.15, -0.1) is 11.3 Å². The van der Waals surface area contributed by atoms with Gasteiger partial charge in [-0.3, -0.25) is 9.59 Å². The minimum Gasteiger partial charge on any atom is -0.493 e. The van der Waals surface area contributed by atoms with Gasteiger partial charge in [0, 0.05) is 17.6 Å². The maximum atomic E-state index is 12.4. The topological polar surface area (TPSA) is 83.6 Å². The summed E-state index contributed by atoms with van der Waals surface area (Å²) in [5, 5.41) is 8.51. The van der Waals surface area contributed by atoms with Crippen LogP contribution in [0.5, 0.6) is 5.75 Å². The van der Waals surface area contributed by atoms with Crippen LogP contribution in [0.25, 0.3) is 10.6 Å². The van der Waals surface area contributed by atoms with Gasteiger partial charge in [0.2, 0.25) is 11.8 Å². The average Bonchev–Trinajstić information content (AvgIpc) is 3.21. The Morgan fingerprint density at radius 2 is 1.91 bits per heavy atom. The number of carbonyl (C=O) groups is 2. The zero-order valence-electron chi connectivity index (χ0n) is 18.6. The molecule has 2 aromatic carbocycles. The Morgan fingerprint density at radius 3 is 2.69 bits per heavy atom. The largest absolute Gasteiger partial charge is 0.493 e. The number of hydrogen-bond donors (Lipinski definition) is 2. The second-order valence-electron chi connectivity index (χ2n) is 7.51. The highest BCUT2D eigenvalue weighted by atomic mass is 32.1. The van der Waals surface area contributed by atoms with Gasteiger partial charge in [0.1, 0.15) is 10.8 Å². The highest BCUT2D eigenvalue weighted by Crippen LogP contribution is 2.32. The Bertz CT molecular complexity index is 1060. The van der Waals surface area contributed by atoms with Crippen LogP contribution in [0.3, 0.4) is 0 Å². The quantitative estimate of drug-likeness (QED) is 0.491. The van der Waals surface area contributed by atoms with Gasteiger partial charge in [-0.05, 0) is 50.8 Å². The Hall–Kier alpha value is -3.23. The first-order valence-corrected chi connectivity index (χ1v) is 11.3. The molecule has 32 heavy (non-hydrogen) atoms. The van der Waals surface area contributed by atoms with E-state index in [2.05, 4.69) is 15.6 Å². The van der Waals surface area contributed by atoms with E-state index in [0.29, 0.717) is 25.4 Å². The highest BCUT2D eigenvalue weighted by Gasteiger charge is 2.12. The molecule has 7 nitrogen and oxygen atoms in total. The Balaban J connectivity index is 1.55. The number of aromatic nitrogens is 1. The fourth-order valence-electron chi connectivity index (χ4n) is 3.11. The van der Waals surface area contributed by atoms with E-state index in [9.17, 15) is 9.59 Å². The molecule has 2 amide bonds. The third kappa shape index (κ3) is 6.90.